The molecule has 0 radical (unpaired) electrons. The molecule has 0 aliphatic heterocycles. The van der Waals surface area contributed by atoms with Crippen LogP contribution in [0.15, 0.2) is 29.9 Å². The van der Waals surface area contributed by atoms with Crippen LogP contribution in [0.2, 0.25) is 0 Å². The second-order valence-electron chi connectivity index (χ2n) is 4.44. The molecule has 2 heterocycles. The number of nitrogens with zero attached hydrogens (tertiary/aromatic N) is 2. The number of nitrogens with one attached hydrogen (secondary N) is 1. The summed E-state index contributed by atoms with van der Waals surface area (Å²) in [5, 5.41) is 5.85. The van der Waals surface area contributed by atoms with Crippen molar-refractivity contribution in [3.05, 3.63) is 46.2 Å². The largest absolute Gasteiger partial charge is 0.352 e. The molecule has 2 aromatic heterocycles. The summed E-state index contributed by atoms with van der Waals surface area (Å²) in [5.41, 5.74) is 7.28. The molecule has 3 N–H and O–H groups in total. The quantitative estimate of drug-likeness (QED) is 0.805. The van der Waals surface area contributed by atoms with E-state index in [9.17, 15) is 4.79 Å². The number of aromatic nitrogens is 2. The molecule has 0 aliphatic rings. The highest BCUT2D eigenvalue weighted by Crippen LogP contribution is 2.12. The third-order valence-electron chi connectivity index (χ3n) is 2.75. The predicted molar refractivity (Wildman–Crippen MR) is 79.3 cm³/mol. The van der Waals surface area contributed by atoms with Crippen molar-refractivity contribution in [3.63, 3.8) is 0 Å². The lowest BCUT2D eigenvalue weighted by atomic mass is 10.2. The summed E-state index contributed by atoms with van der Waals surface area (Å²) in [6, 6.07) is 3.78. The minimum Gasteiger partial charge on any atom is -0.352 e. The number of carbonyl (C=O) groups excluding carboxylic acids is 1. The van der Waals surface area contributed by atoms with Gasteiger partial charge in [0.15, 0.2) is 0 Å². The molecule has 1 amide bonds. The van der Waals surface area contributed by atoms with Gasteiger partial charge in [0.25, 0.3) is 0 Å². The summed E-state index contributed by atoms with van der Waals surface area (Å²) in [6.07, 6.45) is 5.59. The number of amides is 1. The molecule has 0 fully saturated rings. The molecule has 2 aromatic rings. The monoisotopic (exact) mass is 290 g/mol. The van der Waals surface area contributed by atoms with Crippen molar-refractivity contribution in [1.82, 2.24) is 15.3 Å². The molecule has 5 nitrogen and oxygen atoms in total. The van der Waals surface area contributed by atoms with E-state index in [-0.39, 0.29) is 5.91 Å². The van der Waals surface area contributed by atoms with Crippen LogP contribution in [-0.2, 0) is 24.2 Å². The zero-order valence-corrected chi connectivity index (χ0v) is 12.0. The number of hydrogen-bond acceptors (Lipinski definition) is 5. The summed E-state index contributed by atoms with van der Waals surface area (Å²) in [5.74, 6) is -0.0236. The maximum Gasteiger partial charge on any atom is 0.226 e. The average Bonchev–Trinajstić information content (AvgIpc) is 2.91. The Balaban J connectivity index is 1.78. The molecule has 0 bridgehead atoms. The molecule has 0 unspecified atom stereocenters. The van der Waals surface area contributed by atoms with E-state index < -0.39 is 0 Å². The molecule has 0 aliphatic carbocycles. The van der Waals surface area contributed by atoms with Gasteiger partial charge < -0.3 is 11.1 Å². The van der Waals surface area contributed by atoms with Gasteiger partial charge in [0.1, 0.15) is 0 Å². The Kier molecular flexibility index (Phi) is 5.64. The molecular formula is C14H18N4OS. The van der Waals surface area contributed by atoms with E-state index in [2.05, 4.69) is 15.3 Å². The fraction of sp³-hybridized carbons (Fsp3) is 0.357. The predicted octanol–water partition coefficient (Wildman–Crippen LogP) is 1.29. The first-order valence-corrected chi connectivity index (χ1v) is 7.45. The minimum absolute atomic E-state index is 0.0236. The molecular weight excluding hydrogens is 272 g/mol. The molecule has 0 atom stereocenters. The molecule has 2 rings (SSSR count). The van der Waals surface area contributed by atoms with Crippen LogP contribution in [-0.4, -0.2) is 22.4 Å². The summed E-state index contributed by atoms with van der Waals surface area (Å²) in [7, 11) is 0. The lowest BCUT2D eigenvalue weighted by molar-refractivity contribution is -0.120. The molecule has 0 saturated carbocycles. The van der Waals surface area contributed by atoms with Crippen molar-refractivity contribution in [2.45, 2.75) is 25.8 Å². The Morgan fingerprint density at radius 1 is 1.45 bits per heavy atom. The first-order chi connectivity index (χ1) is 9.78. The van der Waals surface area contributed by atoms with Crippen LogP contribution in [0.5, 0.6) is 0 Å². The van der Waals surface area contributed by atoms with Gasteiger partial charge in [-0.25, -0.2) is 4.98 Å². The van der Waals surface area contributed by atoms with Gasteiger partial charge in [-0.05, 0) is 24.6 Å². The Hall–Kier alpha value is -1.79. The van der Waals surface area contributed by atoms with E-state index >= 15 is 0 Å². The summed E-state index contributed by atoms with van der Waals surface area (Å²) < 4.78 is 0. The van der Waals surface area contributed by atoms with Crippen molar-refractivity contribution in [1.29, 1.82) is 0 Å². The highest BCUT2D eigenvalue weighted by Gasteiger charge is 2.07. The summed E-state index contributed by atoms with van der Waals surface area (Å²) >= 11 is 1.59. The SMILES string of the molecule is NCCCc1nc(CC(=O)NCc2cccnc2)cs1. The number of aryl methyl sites for hydroxylation is 1. The molecule has 0 aromatic carbocycles. The maximum absolute atomic E-state index is 11.8. The lowest BCUT2D eigenvalue weighted by Crippen LogP contribution is -2.24. The normalized spacial score (nSPS) is 10.4. The van der Waals surface area contributed by atoms with E-state index in [1.807, 2.05) is 17.5 Å². The Bertz CT molecular complexity index is 541. The number of pyridine rings is 1. The zero-order chi connectivity index (χ0) is 14.2. The van der Waals surface area contributed by atoms with Gasteiger partial charge in [0.05, 0.1) is 17.1 Å². The van der Waals surface area contributed by atoms with E-state index in [0.29, 0.717) is 19.5 Å². The highest BCUT2D eigenvalue weighted by molar-refractivity contribution is 7.09. The second kappa shape index (κ2) is 7.72. The molecule has 0 saturated heterocycles. The van der Waals surface area contributed by atoms with Crippen LogP contribution in [0, 0.1) is 0 Å². The fourth-order valence-electron chi connectivity index (χ4n) is 1.73. The van der Waals surface area contributed by atoms with Crippen molar-refractivity contribution in [2.75, 3.05) is 6.54 Å². The van der Waals surface area contributed by atoms with Gasteiger partial charge in [-0.3, -0.25) is 9.78 Å². The third kappa shape index (κ3) is 4.71. The third-order valence-corrected chi connectivity index (χ3v) is 3.71. The van der Waals surface area contributed by atoms with Gasteiger partial charge in [0.2, 0.25) is 5.91 Å². The van der Waals surface area contributed by atoms with Crippen molar-refractivity contribution >= 4 is 17.2 Å². The number of carbonyl (C=O) groups is 1. The van der Waals surface area contributed by atoms with E-state index in [0.717, 1.165) is 29.1 Å². The van der Waals surface area contributed by atoms with E-state index in [4.69, 9.17) is 5.73 Å². The van der Waals surface area contributed by atoms with Crippen molar-refractivity contribution < 1.29 is 4.79 Å². The molecule has 0 spiro atoms. The van der Waals surface area contributed by atoms with Gasteiger partial charge in [-0.1, -0.05) is 6.07 Å². The van der Waals surface area contributed by atoms with Crippen LogP contribution in [0.1, 0.15) is 22.7 Å². The summed E-state index contributed by atoms with van der Waals surface area (Å²) in [6.45, 7) is 1.16. The van der Waals surface area contributed by atoms with Crippen LogP contribution < -0.4 is 11.1 Å². The van der Waals surface area contributed by atoms with Gasteiger partial charge in [-0.15, -0.1) is 11.3 Å². The molecule has 106 valence electrons. The van der Waals surface area contributed by atoms with Crippen LogP contribution in [0.25, 0.3) is 0 Å². The average molecular weight is 290 g/mol. The fourth-order valence-corrected chi connectivity index (χ4v) is 2.57. The van der Waals surface area contributed by atoms with Crippen LogP contribution >= 0.6 is 11.3 Å². The minimum atomic E-state index is -0.0236. The zero-order valence-electron chi connectivity index (χ0n) is 11.2. The highest BCUT2D eigenvalue weighted by atomic mass is 32.1. The first kappa shape index (κ1) is 14.6. The molecule has 20 heavy (non-hydrogen) atoms. The Morgan fingerprint density at radius 2 is 2.35 bits per heavy atom. The van der Waals surface area contributed by atoms with Gasteiger partial charge >= 0.3 is 0 Å². The summed E-state index contributed by atoms with van der Waals surface area (Å²) in [4.78, 5) is 20.3. The topological polar surface area (TPSA) is 80.9 Å². The van der Waals surface area contributed by atoms with Crippen molar-refractivity contribution in [2.24, 2.45) is 5.73 Å². The number of rotatable bonds is 7. The first-order valence-electron chi connectivity index (χ1n) is 6.57. The van der Waals surface area contributed by atoms with Crippen molar-refractivity contribution in [3.8, 4) is 0 Å². The Morgan fingerprint density at radius 3 is 3.10 bits per heavy atom. The van der Waals surface area contributed by atoms with E-state index in [1.54, 1.807) is 23.7 Å². The van der Waals surface area contributed by atoms with Gasteiger partial charge in [0, 0.05) is 30.7 Å². The number of thiazole rings is 1. The molecule has 6 heteroatoms. The van der Waals surface area contributed by atoms with Crippen LogP contribution in [0.4, 0.5) is 0 Å². The second-order valence-corrected chi connectivity index (χ2v) is 5.38. The smallest absolute Gasteiger partial charge is 0.226 e. The van der Waals surface area contributed by atoms with Gasteiger partial charge in [-0.2, -0.15) is 0 Å². The number of hydrogen-bond donors (Lipinski definition) is 2. The van der Waals surface area contributed by atoms with Crippen LogP contribution in [0.3, 0.4) is 0 Å². The Labute approximate surface area is 122 Å². The number of nitrogens with two attached hydrogens (primary N) is 1. The standard InChI is InChI=1S/C14H18N4OS/c15-5-1-4-14-18-12(10-20-14)7-13(19)17-9-11-3-2-6-16-8-11/h2-3,6,8,10H,1,4-5,7,9,15H2,(H,17,19). The lowest BCUT2D eigenvalue weighted by Gasteiger charge is -2.03. The maximum atomic E-state index is 11.8. The van der Waals surface area contributed by atoms with E-state index in [1.165, 1.54) is 0 Å².